The molecule has 1 saturated carbocycles. The van der Waals surface area contributed by atoms with Crippen molar-refractivity contribution in [2.45, 2.75) is 24.3 Å². The number of benzene rings is 2. The predicted octanol–water partition coefficient (Wildman–Crippen LogP) is 4.51. The van der Waals surface area contributed by atoms with Crippen LogP contribution >= 0.6 is 11.6 Å². The first-order valence-corrected chi connectivity index (χ1v) is 7.19. The number of nitrogens with one attached hydrogen (secondary N) is 1. The Bertz CT molecular complexity index is 688. The monoisotopic (exact) mass is 300 g/mol. The fourth-order valence-corrected chi connectivity index (χ4v) is 3.02. The molecule has 0 atom stereocenters. The highest BCUT2D eigenvalue weighted by Gasteiger charge is 2.46. The quantitative estimate of drug-likeness (QED) is 0.905. The van der Waals surface area contributed by atoms with E-state index >= 15 is 0 Å². The fraction of sp³-hybridized carbons (Fsp3) is 0.235. The van der Waals surface area contributed by atoms with Crippen LogP contribution in [0.5, 0.6) is 0 Å². The second-order valence-electron chi connectivity index (χ2n) is 5.43. The molecule has 0 heterocycles. The average molecular weight is 301 g/mol. The molecule has 0 radical (unpaired) electrons. The minimum atomic E-state index is -0.457. The van der Waals surface area contributed by atoms with E-state index in [-0.39, 0.29) is 11.9 Å². The highest BCUT2D eigenvalue weighted by Crippen LogP contribution is 2.44. The maximum Gasteiger partial charge on any atom is 0.147 e. The lowest BCUT2D eigenvalue weighted by molar-refractivity contribution is 0.289. The molecule has 2 aromatic carbocycles. The van der Waals surface area contributed by atoms with Crippen molar-refractivity contribution in [2.24, 2.45) is 0 Å². The highest BCUT2D eigenvalue weighted by atomic mass is 35.5. The summed E-state index contributed by atoms with van der Waals surface area (Å²) in [5, 5.41) is 13.0. The SMILES string of the molecule is N#CC1(c2ccccc2)CC(Nc2ccc(Cl)cc2F)C1. The summed E-state index contributed by atoms with van der Waals surface area (Å²) in [4.78, 5) is 0. The van der Waals surface area contributed by atoms with Crippen LogP contribution in [-0.2, 0) is 5.41 Å². The molecule has 2 aromatic rings. The van der Waals surface area contributed by atoms with Gasteiger partial charge in [-0.3, -0.25) is 0 Å². The summed E-state index contributed by atoms with van der Waals surface area (Å²) in [7, 11) is 0. The van der Waals surface area contributed by atoms with Crippen molar-refractivity contribution >= 4 is 17.3 Å². The molecule has 1 aliphatic carbocycles. The lowest BCUT2D eigenvalue weighted by Crippen LogP contribution is -2.47. The number of rotatable bonds is 3. The van der Waals surface area contributed by atoms with Crippen LogP contribution < -0.4 is 5.32 Å². The Morgan fingerprint density at radius 3 is 2.52 bits per heavy atom. The van der Waals surface area contributed by atoms with Gasteiger partial charge in [-0.25, -0.2) is 4.39 Å². The largest absolute Gasteiger partial charge is 0.380 e. The normalized spacial score (nSPS) is 24.0. The Hall–Kier alpha value is -2.05. The predicted molar refractivity (Wildman–Crippen MR) is 81.8 cm³/mol. The van der Waals surface area contributed by atoms with Crippen LogP contribution in [0, 0.1) is 17.1 Å². The molecule has 3 rings (SSSR count). The van der Waals surface area contributed by atoms with Crippen LogP contribution in [0.15, 0.2) is 48.5 Å². The molecule has 0 aromatic heterocycles. The van der Waals surface area contributed by atoms with Gasteiger partial charge in [0.2, 0.25) is 0 Å². The maximum absolute atomic E-state index is 13.8. The van der Waals surface area contributed by atoms with E-state index in [9.17, 15) is 9.65 Å². The highest BCUT2D eigenvalue weighted by molar-refractivity contribution is 6.30. The van der Waals surface area contributed by atoms with Crippen molar-refractivity contribution in [1.29, 1.82) is 5.26 Å². The van der Waals surface area contributed by atoms with E-state index < -0.39 is 5.41 Å². The van der Waals surface area contributed by atoms with E-state index in [4.69, 9.17) is 11.6 Å². The third-order valence-corrected chi connectivity index (χ3v) is 4.26. The van der Waals surface area contributed by atoms with Crippen molar-refractivity contribution in [3.8, 4) is 6.07 Å². The van der Waals surface area contributed by atoms with E-state index in [1.165, 1.54) is 6.07 Å². The first kappa shape index (κ1) is 13.9. The summed E-state index contributed by atoms with van der Waals surface area (Å²) < 4.78 is 13.8. The molecule has 0 amide bonds. The summed E-state index contributed by atoms with van der Waals surface area (Å²) >= 11 is 5.74. The van der Waals surface area contributed by atoms with Gasteiger partial charge in [-0.1, -0.05) is 41.9 Å². The molecule has 1 N–H and O–H groups in total. The lowest BCUT2D eigenvalue weighted by Gasteiger charge is -2.43. The summed E-state index contributed by atoms with van der Waals surface area (Å²) in [6.45, 7) is 0. The van der Waals surface area contributed by atoms with E-state index in [2.05, 4.69) is 11.4 Å². The molecule has 0 aliphatic heterocycles. The van der Waals surface area contributed by atoms with Gasteiger partial charge < -0.3 is 5.32 Å². The fourth-order valence-electron chi connectivity index (χ4n) is 2.86. The van der Waals surface area contributed by atoms with Gasteiger partial charge in [0.05, 0.1) is 17.2 Å². The van der Waals surface area contributed by atoms with Gasteiger partial charge in [0, 0.05) is 11.1 Å². The molecule has 0 spiro atoms. The number of nitriles is 1. The van der Waals surface area contributed by atoms with Crippen molar-refractivity contribution in [1.82, 2.24) is 0 Å². The van der Waals surface area contributed by atoms with Crippen molar-refractivity contribution in [3.05, 3.63) is 64.9 Å². The molecule has 1 aliphatic rings. The third kappa shape index (κ3) is 2.59. The zero-order chi connectivity index (χ0) is 14.9. The van der Waals surface area contributed by atoms with Crippen molar-refractivity contribution < 1.29 is 4.39 Å². The number of hydrogen-bond acceptors (Lipinski definition) is 2. The molecule has 4 heteroatoms. The zero-order valence-electron chi connectivity index (χ0n) is 11.3. The van der Waals surface area contributed by atoms with Gasteiger partial charge >= 0.3 is 0 Å². The van der Waals surface area contributed by atoms with Crippen LogP contribution in [-0.4, -0.2) is 6.04 Å². The Kier molecular flexibility index (Phi) is 3.57. The smallest absolute Gasteiger partial charge is 0.147 e. The Balaban J connectivity index is 1.71. The van der Waals surface area contributed by atoms with Crippen LogP contribution in [0.1, 0.15) is 18.4 Å². The minimum Gasteiger partial charge on any atom is -0.380 e. The minimum absolute atomic E-state index is 0.0977. The zero-order valence-corrected chi connectivity index (χ0v) is 12.1. The number of halogens is 2. The number of hydrogen-bond donors (Lipinski definition) is 1. The molecular formula is C17H14ClFN2. The summed E-state index contributed by atoms with van der Waals surface area (Å²) in [5.41, 5.74) is 1.01. The second-order valence-corrected chi connectivity index (χ2v) is 5.87. The van der Waals surface area contributed by atoms with Gasteiger partial charge in [0.15, 0.2) is 0 Å². The number of nitrogens with zero attached hydrogens (tertiary/aromatic N) is 1. The first-order valence-electron chi connectivity index (χ1n) is 6.81. The van der Waals surface area contributed by atoms with Gasteiger partial charge in [-0.15, -0.1) is 0 Å². The first-order chi connectivity index (χ1) is 10.1. The van der Waals surface area contributed by atoms with Crippen LogP contribution in [0.2, 0.25) is 5.02 Å². The maximum atomic E-state index is 13.8. The molecule has 0 bridgehead atoms. The van der Waals surface area contributed by atoms with Crippen LogP contribution in [0.4, 0.5) is 10.1 Å². The molecule has 21 heavy (non-hydrogen) atoms. The van der Waals surface area contributed by atoms with Crippen LogP contribution in [0.3, 0.4) is 0 Å². The Labute approximate surface area is 128 Å². The molecule has 0 saturated heterocycles. The standard InChI is InChI=1S/C17H14ClFN2/c18-13-6-7-16(15(19)8-13)21-14-9-17(10-14,11-20)12-4-2-1-3-5-12/h1-8,14,21H,9-10H2. The summed E-state index contributed by atoms with van der Waals surface area (Å²) in [6.07, 6.45) is 1.35. The molecule has 2 nitrogen and oxygen atoms in total. The van der Waals surface area contributed by atoms with Gasteiger partial charge in [0.25, 0.3) is 0 Å². The van der Waals surface area contributed by atoms with Crippen molar-refractivity contribution in [2.75, 3.05) is 5.32 Å². The molecule has 0 unspecified atom stereocenters. The Morgan fingerprint density at radius 1 is 1.19 bits per heavy atom. The second kappa shape index (κ2) is 5.38. The van der Waals surface area contributed by atoms with E-state index in [1.54, 1.807) is 12.1 Å². The average Bonchev–Trinajstić information content (AvgIpc) is 2.45. The van der Waals surface area contributed by atoms with Gasteiger partial charge in [0.1, 0.15) is 5.82 Å². The van der Waals surface area contributed by atoms with Crippen molar-refractivity contribution in [3.63, 3.8) is 0 Å². The summed E-state index contributed by atoms with van der Waals surface area (Å²) in [6, 6.07) is 16.8. The van der Waals surface area contributed by atoms with E-state index in [1.807, 2.05) is 30.3 Å². The topological polar surface area (TPSA) is 35.8 Å². The summed E-state index contributed by atoms with van der Waals surface area (Å²) in [5.74, 6) is -0.364. The van der Waals surface area contributed by atoms with Crippen LogP contribution in [0.25, 0.3) is 0 Å². The molecular weight excluding hydrogens is 287 g/mol. The van der Waals surface area contributed by atoms with E-state index in [0.717, 1.165) is 5.56 Å². The Morgan fingerprint density at radius 2 is 1.90 bits per heavy atom. The number of anilines is 1. The van der Waals surface area contributed by atoms with Gasteiger partial charge in [-0.2, -0.15) is 5.26 Å². The third-order valence-electron chi connectivity index (χ3n) is 4.02. The van der Waals surface area contributed by atoms with E-state index in [0.29, 0.717) is 23.6 Å². The molecule has 1 fully saturated rings. The molecule has 106 valence electrons. The van der Waals surface area contributed by atoms with Gasteiger partial charge in [-0.05, 0) is 36.6 Å². The lowest BCUT2D eigenvalue weighted by atomic mass is 9.62.